The van der Waals surface area contributed by atoms with Crippen molar-refractivity contribution in [3.05, 3.63) is 77.9 Å². The molecule has 2 aromatic carbocycles. The van der Waals surface area contributed by atoms with Gasteiger partial charge in [-0.1, -0.05) is 62.4 Å². The molecule has 0 spiro atoms. The number of carbonyl (C=O) groups excluding carboxylic acids is 2. The molecule has 30 heavy (non-hydrogen) atoms. The van der Waals surface area contributed by atoms with Crippen LogP contribution in [0.1, 0.15) is 35.7 Å². The highest BCUT2D eigenvalue weighted by atomic mass is 32.2. The van der Waals surface area contributed by atoms with Crippen molar-refractivity contribution < 1.29 is 22.7 Å². The monoisotopic (exact) mass is 429 g/mol. The minimum atomic E-state index is -3.67. The number of ketones is 1. The number of likely N-dealkylation sites (N-methyl/N-ethyl adjacent to an activating group) is 1. The Morgan fingerprint density at radius 2 is 1.60 bits per heavy atom. The fourth-order valence-electron chi connectivity index (χ4n) is 3.13. The Kier molecular flexibility index (Phi) is 7.21. The molecule has 0 bridgehead atoms. The van der Waals surface area contributed by atoms with Crippen molar-refractivity contribution in [2.45, 2.75) is 19.8 Å². The summed E-state index contributed by atoms with van der Waals surface area (Å²) >= 11 is 0. The molecule has 2 aromatic rings. The summed E-state index contributed by atoms with van der Waals surface area (Å²) in [6, 6.07) is 16.2. The molecule has 0 N–H and O–H groups in total. The minimum Gasteiger partial charge on any atom is -0.497 e. The third-order valence-electron chi connectivity index (χ3n) is 5.11. The molecule has 0 heterocycles. The summed E-state index contributed by atoms with van der Waals surface area (Å²) in [5.41, 5.74) is 0.459. The zero-order chi connectivity index (χ0) is 22.5. The van der Waals surface area contributed by atoms with Crippen molar-refractivity contribution in [3.63, 3.8) is 0 Å². The molecule has 0 saturated heterocycles. The standard InChI is InChI=1S/C23H27NO5S/c1-23(2,22(26)18-9-7-6-8-10-18)20(17-11-13-19(29-4)14-12-17)15-16-21(25)24(3)30(5,27)28/h6-16,20H,1-5H3/b16-15+. The van der Waals surface area contributed by atoms with Gasteiger partial charge in [0.25, 0.3) is 5.91 Å². The highest BCUT2D eigenvalue weighted by Gasteiger charge is 2.37. The minimum absolute atomic E-state index is 0.0857. The Morgan fingerprint density at radius 1 is 1.03 bits per heavy atom. The molecule has 0 aliphatic rings. The first-order valence-electron chi connectivity index (χ1n) is 9.38. The largest absolute Gasteiger partial charge is 0.497 e. The Labute approximate surface area is 178 Å². The Bertz CT molecular complexity index is 1030. The number of allylic oxidation sites excluding steroid dienone is 1. The van der Waals surface area contributed by atoms with E-state index in [1.807, 2.05) is 32.0 Å². The van der Waals surface area contributed by atoms with Gasteiger partial charge in [0.15, 0.2) is 5.78 Å². The van der Waals surface area contributed by atoms with Gasteiger partial charge in [-0.2, -0.15) is 0 Å². The van der Waals surface area contributed by atoms with E-state index >= 15 is 0 Å². The average molecular weight is 430 g/mol. The molecule has 1 unspecified atom stereocenters. The summed E-state index contributed by atoms with van der Waals surface area (Å²) < 4.78 is 29.2. The first kappa shape index (κ1) is 23.3. The predicted molar refractivity (Wildman–Crippen MR) is 117 cm³/mol. The molecular weight excluding hydrogens is 402 g/mol. The van der Waals surface area contributed by atoms with E-state index in [0.29, 0.717) is 15.6 Å². The van der Waals surface area contributed by atoms with E-state index in [4.69, 9.17) is 4.74 Å². The van der Waals surface area contributed by atoms with Crippen LogP contribution in [-0.4, -0.2) is 44.8 Å². The number of rotatable bonds is 8. The summed E-state index contributed by atoms with van der Waals surface area (Å²) in [7, 11) is -0.906. The van der Waals surface area contributed by atoms with Gasteiger partial charge in [-0.25, -0.2) is 12.7 Å². The van der Waals surface area contributed by atoms with E-state index in [1.165, 1.54) is 13.1 Å². The van der Waals surface area contributed by atoms with Gasteiger partial charge < -0.3 is 4.74 Å². The highest BCUT2D eigenvalue weighted by molar-refractivity contribution is 7.88. The van der Waals surface area contributed by atoms with Crippen molar-refractivity contribution >= 4 is 21.7 Å². The molecule has 0 radical (unpaired) electrons. The van der Waals surface area contributed by atoms with Crippen LogP contribution in [0.25, 0.3) is 0 Å². The number of sulfonamides is 1. The van der Waals surface area contributed by atoms with Crippen molar-refractivity contribution in [2.75, 3.05) is 20.4 Å². The highest BCUT2D eigenvalue weighted by Crippen LogP contribution is 2.40. The Hall–Kier alpha value is -2.93. The maximum absolute atomic E-state index is 13.3. The maximum Gasteiger partial charge on any atom is 0.259 e. The zero-order valence-electron chi connectivity index (χ0n) is 17.8. The molecular formula is C23H27NO5S. The number of nitrogens with zero attached hydrogens (tertiary/aromatic N) is 1. The summed E-state index contributed by atoms with van der Waals surface area (Å²) in [6.45, 7) is 3.62. The van der Waals surface area contributed by atoms with Gasteiger partial charge in [0.2, 0.25) is 10.0 Å². The number of Topliss-reactive ketones (excluding diaryl/α,β-unsaturated/α-hetero) is 1. The van der Waals surface area contributed by atoms with E-state index in [0.717, 1.165) is 11.8 Å². The van der Waals surface area contributed by atoms with Crippen LogP contribution in [0.5, 0.6) is 5.75 Å². The van der Waals surface area contributed by atoms with Crippen LogP contribution in [0.3, 0.4) is 0 Å². The fourth-order valence-corrected chi connectivity index (χ4v) is 3.52. The maximum atomic E-state index is 13.3. The summed E-state index contributed by atoms with van der Waals surface area (Å²) in [5, 5.41) is 0. The van der Waals surface area contributed by atoms with Crippen molar-refractivity contribution in [2.24, 2.45) is 5.41 Å². The van der Waals surface area contributed by atoms with Crippen LogP contribution < -0.4 is 4.74 Å². The van der Waals surface area contributed by atoms with E-state index < -0.39 is 27.3 Å². The molecule has 2 rings (SSSR count). The molecule has 0 fully saturated rings. The molecule has 1 atom stereocenters. The smallest absolute Gasteiger partial charge is 0.259 e. The lowest BCUT2D eigenvalue weighted by molar-refractivity contribution is -0.120. The lowest BCUT2D eigenvalue weighted by Crippen LogP contribution is -2.33. The van der Waals surface area contributed by atoms with Crippen LogP contribution >= 0.6 is 0 Å². The van der Waals surface area contributed by atoms with E-state index in [2.05, 4.69) is 0 Å². The third kappa shape index (κ3) is 5.36. The molecule has 6 nitrogen and oxygen atoms in total. The molecule has 0 aliphatic heterocycles. The summed E-state index contributed by atoms with van der Waals surface area (Å²) in [4.78, 5) is 25.6. The van der Waals surface area contributed by atoms with E-state index in [-0.39, 0.29) is 5.78 Å². The van der Waals surface area contributed by atoms with Gasteiger partial charge in [-0.15, -0.1) is 0 Å². The first-order chi connectivity index (χ1) is 14.0. The quantitative estimate of drug-likeness (QED) is 0.473. The molecule has 0 aliphatic carbocycles. The third-order valence-corrected chi connectivity index (χ3v) is 6.29. The molecule has 0 saturated carbocycles. The lowest BCUT2D eigenvalue weighted by Gasteiger charge is -2.32. The number of methoxy groups -OCH3 is 1. The SMILES string of the molecule is COc1ccc(C(/C=C/C(=O)N(C)S(C)(=O)=O)C(C)(C)C(=O)c2ccccc2)cc1. The number of benzene rings is 2. The van der Waals surface area contributed by atoms with Gasteiger partial charge in [0, 0.05) is 30.0 Å². The van der Waals surface area contributed by atoms with Crippen LogP contribution in [0, 0.1) is 5.41 Å². The molecule has 1 amide bonds. The predicted octanol–water partition coefficient (Wildman–Crippen LogP) is 3.66. The average Bonchev–Trinajstić information content (AvgIpc) is 2.72. The number of hydrogen-bond acceptors (Lipinski definition) is 5. The first-order valence-corrected chi connectivity index (χ1v) is 11.2. The second-order valence-electron chi connectivity index (χ2n) is 7.60. The zero-order valence-corrected chi connectivity index (χ0v) is 18.6. The second kappa shape index (κ2) is 9.26. The number of amides is 1. The fraction of sp³-hybridized carbons (Fsp3) is 0.304. The van der Waals surface area contributed by atoms with Gasteiger partial charge >= 0.3 is 0 Å². The van der Waals surface area contributed by atoms with E-state index in [1.54, 1.807) is 49.6 Å². The Morgan fingerprint density at radius 3 is 2.10 bits per heavy atom. The van der Waals surface area contributed by atoms with E-state index in [9.17, 15) is 18.0 Å². The van der Waals surface area contributed by atoms with Crippen LogP contribution in [0.15, 0.2) is 66.7 Å². The summed E-state index contributed by atoms with van der Waals surface area (Å²) in [6.07, 6.45) is 3.76. The van der Waals surface area contributed by atoms with Crippen molar-refractivity contribution in [1.82, 2.24) is 4.31 Å². The van der Waals surface area contributed by atoms with Gasteiger partial charge in [-0.3, -0.25) is 9.59 Å². The van der Waals surface area contributed by atoms with Gasteiger partial charge in [-0.05, 0) is 17.7 Å². The lowest BCUT2D eigenvalue weighted by atomic mass is 9.70. The number of ether oxygens (including phenoxy) is 1. The van der Waals surface area contributed by atoms with Gasteiger partial charge in [0.05, 0.1) is 13.4 Å². The molecule has 7 heteroatoms. The van der Waals surface area contributed by atoms with Gasteiger partial charge in [0.1, 0.15) is 5.75 Å². The number of carbonyl (C=O) groups is 2. The normalized spacial score (nSPS) is 13.1. The van der Waals surface area contributed by atoms with Crippen molar-refractivity contribution in [3.8, 4) is 5.75 Å². The van der Waals surface area contributed by atoms with Crippen LogP contribution in [0.2, 0.25) is 0 Å². The summed E-state index contributed by atoms with van der Waals surface area (Å²) in [5.74, 6) is -0.578. The Balaban J connectivity index is 2.48. The molecule has 160 valence electrons. The van der Waals surface area contributed by atoms with Crippen LogP contribution in [0.4, 0.5) is 0 Å². The molecule has 0 aromatic heterocycles. The second-order valence-corrected chi connectivity index (χ2v) is 9.61. The topological polar surface area (TPSA) is 80.8 Å². The number of hydrogen-bond donors (Lipinski definition) is 0. The van der Waals surface area contributed by atoms with Crippen LogP contribution in [-0.2, 0) is 14.8 Å². The van der Waals surface area contributed by atoms with Crippen molar-refractivity contribution in [1.29, 1.82) is 0 Å².